The first-order valence-electron chi connectivity index (χ1n) is 7.63. The molecule has 0 atom stereocenters. The summed E-state index contributed by atoms with van der Waals surface area (Å²) < 4.78 is 10.3. The minimum atomic E-state index is -0.829. The van der Waals surface area contributed by atoms with E-state index in [4.69, 9.17) is 44.3 Å². The highest BCUT2D eigenvalue weighted by Crippen LogP contribution is 2.35. The van der Waals surface area contributed by atoms with Crippen LogP contribution >= 0.6 is 34.8 Å². The summed E-state index contributed by atoms with van der Waals surface area (Å²) >= 11 is 17.7. The van der Waals surface area contributed by atoms with Crippen LogP contribution in [0.15, 0.2) is 48.6 Å². The number of ether oxygens (including phenoxy) is 2. The molecule has 0 amide bonds. The number of benzene rings is 2. The lowest BCUT2D eigenvalue weighted by Gasteiger charge is -2.11. The molecule has 0 saturated heterocycles. The van der Waals surface area contributed by atoms with Gasteiger partial charge in [-0.2, -0.15) is 0 Å². The van der Waals surface area contributed by atoms with Gasteiger partial charge in [-0.25, -0.2) is 9.59 Å². The quantitative estimate of drug-likeness (QED) is 0.351. The molecule has 0 bridgehead atoms. The number of hydrogen-bond donors (Lipinski definition) is 0. The lowest BCUT2D eigenvalue weighted by atomic mass is 10.0. The van der Waals surface area contributed by atoms with E-state index in [0.717, 1.165) is 17.7 Å². The van der Waals surface area contributed by atoms with E-state index < -0.39 is 11.9 Å². The summed E-state index contributed by atoms with van der Waals surface area (Å²) in [4.78, 5) is 23.8. The summed E-state index contributed by atoms with van der Waals surface area (Å²) in [6.07, 6.45) is 1.90. The molecule has 2 aromatic carbocycles. The maximum Gasteiger partial charge on any atom is 0.336 e. The van der Waals surface area contributed by atoms with Gasteiger partial charge in [-0.1, -0.05) is 66.8 Å². The van der Waals surface area contributed by atoms with Gasteiger partial charge in [-0.05, 0) is 29.7 Å². The molecule has 7 heteroatoms. The molecule has 0 aliphatic carbocycles. The fourth-order valence-corrected chi connectivity index (χ4v) is 2.98. The molecule has 0 fully saturated rings. The Morgan fingerprint density at radius 3 is 2.04 bits per heavy atom. The molecule has 0 heterocycles. The number of halogens is 3. The van der Waals surface area contributed by atoms with Crippen molar-refractivity contribution in [2.45, 2.75) is 19.8 Å². The van der Waals surface area contributed by atoms with E-state index >= 15 is 0 Å². The first kappa shape index (κ1) is 20.3. The topological polar surface area (TPSA) is 52.6 Å². The fraction of sp³-hybridized carbons (Fsp3) is 0.158. The van der Waals surface area contributed by atoms with E-state index in [-0.39, 0.29) is 21.7 Å². The standard InChI is InChI=1S/C19H15Cl3O4/c1-11(2)13-5-3-4-6-16(13)25-17(23)7-8-18(24)26-19-14(21)9-12(20)10-15(19)22/h3-11H,1-2H3/b8-7+. The van der Waals surface area contributed by atoms with E-state index in [2.05, 4.69) is 0 Å². The van der Waals surface area contributed by atoms with Crippen molar-refractivity contribution >= 4 is 46.7 Å². The highest BCUT2D eigenvalue weighted by molar-refractivity contribution is 6.40. The maximum atomic E-state index is 11.9. The number of carbonyl (C=O) groups excluding carboxylic acids is 2. The smallest absolute Gasteiger partial charge is 0.336 e. The van der Waals surface area contributed by atoms with Crippen molar-refractivity contribution in [1.29, 1.82) is 0 Å². The molecular formula is C19H15Cl3O4. The van der Waals surface area contributed by atoms with Crippen molar-refractivity contribution in [3.05, 3.63) is 69.2 Å². The van der Waals surface area contributed by atoms with E-state index in [1.807, 2.05) is 26.0 Å². The van der Waals surface area contributed by atoms with Crippen LogP contribution in [0.3, 0.4) is 0 Å². The van der Waals surface area contributed by atoms with Crippen LogP contribution in [-0.4, -0.2) is 11.9 Å². The molecule has 0 unspecified atom stereocenters. The summed E-state index contributed by atoms with van der Waals surface area (Å²) in [5, 5.41) is 0.470. The minimum absolute atomic E-state index is 0.0362. The third-order valence-corrected chi connectivity index (χ3v) is 4.05. The summed E-state index contributed by atoms with van der Waals surface area (Å²) in [6, 6.07) is 9.95. The summed E-state index contributed by atoms with van der Waals surface area (Å²) in [5.74, 6) is -0.948. The van der Waals surface area contributed by atoms with Gasteiger partial charge in [-0.3, -0.25) is 0 Å². The van der Waals surface area contributed by atoms with E-state index in [9.17, 15) is 9.59 Å². The Morgan fingerprint density at radius 2 is 1.46 bits per heavy atom. The molecule has 0 aliphatic heterocycles. The third-order valence-electron chi connectivity index (χ3n) is 3.27. The molecule has 0 N–H and O–H groups in total. The van der Waals surface area contributed by atoms with E-state index in [0.29, 0.717) is 10.8 Å². The number of hydrogen-bond acceptors (Lipinski definition) is 4. The second kappa shape index (κ2) is 9.08. The molecule has 0 spiro atoms. The molecule has 0 saturated carbocycles. The first-order valence-corrected chi connectivity index (χ1v) is 8.76. The van der Waals surface area contributed by atoms with Gasteiger partial charge in [-0.15, -0.1) is 0 Å². The maximum absolute atomic E-state index is 11.9. The highest BCUT2D eigenvalue weighted by atomic mass is 35.5. The van der Waals surface area contributed by atoms with Crippen LogP contribution in [0.5, 0.6) is 11.5 Å². The van der Waals surface area contributed by atoms with Gasteiger partial charge in [0.25, 0.3) is 0 Å². The zero-order valence-electron chi connectivity index (χ0n) is 14.0. The molecule has 2 aromatic rings. The Kier molecular flexibility index (Phi) is 7.09. The molecule has 26 heavy (non-hydrogen) atoms. The Labute approximate surface area is 166 Å². The predicted octanol–water partition coefficient (Wildman–Crippen LogP) is 5.84. The SMILES string of the molecule is CC(C)c1ccccc1OC(=O)/C=C/C(=O)Oc1c(Cl)cc(Cl)cc1Cl. The predicted molar refractivity (Wildman–Crippen MR) is 102 cm³/mol. The highest BCUT2D eigenvalue weighted by Gasteiger charge is 2.13. The number of para-hydroxylation sites is 1. The summed E-state index contributed by atoms with van der Waals surface area (Å²) in [7, 11) is 0. The van der Waals surface area contributed by atoms with Crippen molar-refractivity contribution in [3.8, 4) is 11.5 Å². The largest absolute Gasteiger partial charge is 0.423 e. The molecule has 0 aliphatic rings. The Morgan fingerprint density at radius 1 is 0.923 bits per heavy atom. The number of carbonyl (C=O) groups is 2. The summed E-state index contributed by atoms with van der Waals surface area (Å²) in [6.45, 7) is 3.97. The normalized spacial score (nSPS) is 11.0. The number of rotatable bonds is 5. The Bertz CT molecular complexity index is 837. The first-order chi connectivity index (χ1) is 12.3. The van der Waals surface area contributed by atoms with Crippen molar-refractivity contribution in [3.63, 3.8) is 0 Å². The van der Waals surface area contributed by atoms with Gasteiger partial charge in [0.15, 0.2) is 5.75 Å². The van der Waals surface area contributed by atoms with Gasteiger partial charge in [0, 0.05) is 17.2 Å². The lowest BCUT2D eigenvalue weighted by Crippen LogP contribution is -2.10. The van der Waals surface area contributed by atoms with Crippen molar-refractivity contribution in [2.75, 3.05) is 0 Å². The molecule has 4 nitrogen and oxygen atoms in total. The average Bonchev–Trinajstić information content (AvgIpc) is 2.56. The second-order valence-electron chi connectivity index (χ2n) is 5.57. The van der Waals surface area contributed by atoms with Gasteiger partial charge in [0.05, 0.1) is 10.0 Å². The van der Waals surface area contributed by atoms with Crippen LogP contribution in [0, 0.1) is 0 Å². The Hall–Kier alpha value is -2.01. The average molecular weight is 414 g/mol. The van der Waals surface area contributed by atoms with Crippen LogP contribution in [0.2, 0.25) is 15.1 Å². The molecule has 0 aromatic heterocycles. The number of esters is 2. The minimum Gasteiger partial charge on any atom is -0.423 e. The van der Waals surface area contributed by atoms with Crippen LogP contribution in [0.25, 0.3) is 0 Å². The lowest BCUT2D eigenvalue weighted by molar-refractivity contribution is -0.131. The second-order valence-corrected chi connectivity index (χ2v) is 6.82. The van der Waals surface area contributed by atoms with Crippen molar-refractivity contribution < 1.29 is 19.1 Å². The molecule has 136 valence electrons. The van der Waals surface area contributed by atoms with Crippen LogP contribution < -0.4 is 9.47 Å². The van der Waals surface area contributed by atoms with Crippen LogP contribution in [-0.2, 0) is 9.59 Å². The Balaban J connectivity index is 2.04. The summed E-state index contributed by atoms with van der Waals surface area (Å²) in [5.41, 5.74) is 0.886. The molecule has 0 radical (unpaired) electrons. The van der Waals surface area contributed by atoms with Gasteiger partial charge in [0.1, 0.15) is 5.75 Å². The van der Waals surface area contributed by atoms with Crippen molar-refractivity contribution in [1.82, 2.24) is 0 Å². The third kappa shape index (κ3) is 5.49. The monoisotopic (exact) mass is 412 g/mol. The van der Waals surface area contributed by atoms with Crippen LogP contribution in [0.4, 0.5) is 0 Å². The van der Waals surface area contributed by atoms with E-state index in [1.54, 1.807) is 12.1 Å². The van der Waals surface area contributed by atoms with Gasteiger partial charge in [0.2, 0.25) is 0 Å². The zero-order valence-corrected chi connectivity index (χ0v) is 16.2. The van der Waals surface area contributed by atoms with Crippen molar-refractivity contribution in [2.24, 2.45) is 0 Å². The molecule has 2 rings (SSSR count). The van der Waals surface area contributed by atoms with Gasteiger partial charge >= 0.3 is 11.9 Å². The van der Waals surface area contributed by atoms with Gasteiger partial charge < -0.3 is 9.47 Å². The van der Waals surface area contributed by atoms with E-state index in [1.165, 1.54) is 12.1 Å². The zero-order chi connectivity index (χ0) is 19.3. The molecular weight excluding hydrogens is 399 g/mol. The van der Waals surface area contributed by atoms with Crippen LogP contribution in [0.1, 0.15) is 25.3 Å². The fourth-order valence-electron chi connectivity index (χ4n) is 2.09.